The molecule has 20 heavy (non-hydrogen) atoms. The summed E-state index contributed by atoms with van der Waals surface area (Å²) in [6.07, 6.45) is 5.43. The van der Waals surface area contributed by atoms with E-state index in [0.29, 0.717) is 12.0 Å². The summed E-state index contributed by atoms with van der Waals surface area (Å²) in [5.41, 5.74) is 3.71. The van der Waals surface area contributed by atoms with Gasteiger partial charge >= 0.3 is 0 Å². The summed E-state index contributed by atoms with van der Waals surface area (Å²) >= 11 is 0. The highest BCUT2D eigenvalue weighted by Crippen LogP contribution is 2.31. The number of rotatable bonds is 2. The van der Waals surface area contributed by atoms with Gasteiger partial charge in [0, 0.05) is 6.20 Å². The maximum atomic E-state index is 4.52. The van der Waals surface area contributed by atoms with Crippen LogP contribution in [-0.2, 0) is 6.42 Å². The monoisotopic (exact) mass is 264 g/mol. The number of aryl methyl sites for hydroxylation is 1. The molecule has 1 N–H and O–H groups in total. The van der Waals surface area contributed by atoms with Crippen molar-refractivity contribution in [1.29, 1.82) is 0 Å². The molecule has 100 valence electrons. The van der Waals surface area contributed by atoms with Crippen molar-refractivity contribution in [3.8, 4) is 0 Å². The molecule has 0 amide bonds. The van der Waals surface area contributed by atoms with Crippen molar-refractivity contribution in [2.45, 2.75) is 25.3 Å². The summed E-state index contributed by atoms with van der Waals surface area (Å²) in [4.78, 5) is 4.52. The van der Waals surface area contributed by atoms with Gasteiger partial charge in [-0.3, -0.25) is 0 Å². The average Bonchev–Trinajstić information content (AvgIpc) is 2.90. The molecule has 0 aliphatic heterocycles. The van der Waals surface area contributed by atoms with Crippen molar-refractivity contribution in [3.05, 3.63) is 59.8 Å². The summed E-state index contributed by atoms with van der Waals surface area (Å²) in [6.45, 7) is 0. The first kappa shape index (κ1) is 11.5. The molecule has 0 radical (unpaired) electrons. The van der Waals surface area contributed by atoms with Crippen LogP contribution in [0.15, 0.2) is 48.7 Å². The summed E-state index contributed by atoms with van der Waals surface area (Å²) in [5.74, 6) is 0.706. The van der Waals surface area contributed by atoms with Gasteiger partial charge in [-0.1, -0.05) is 30.3 Å². The number of nitrogens with one attached hydrogen (secondary N) is 1. The minimum Gasteiger partial charge on any atom is -0.346 e. The van der Waals surface area contributed by atoms with Gasteiger partial charge in [-0.25, -0.2) is 4.52 Å². The standard InChI is InChI=1S/C16H16N4/c1-2-8-13-12(6-1)7-5-9-14(13)17-16-18-15-10-3-4-11-20(15)19-16/h1-4,6,8,10-11,14H,5,7,9H2,(H,17,19). The molecule has 0 saturated heterocycles. The quantitative estimate of drug-likeness (QED) is 0.772. The van der Waals surface area contributed by atoms with Crippen molar-refractivity contribution in [2.24, 2.45) is 0 Å². The largest absolute Gasteiger partial charge is 0.346 e. The maximum Gasteiger partial charge on any atom is 0.243 e. The maximum absolute atomic E-state index is 4.52. The van der Waals surface area contributed by atoms with Crippen molar-refractivity contribution in [1.82, 2.24) is 14.6 Å². The fraction of sp³-hybridized carbons (Fsp3) is 0.250. The Hall–Kier alpha value is -2.36. The fourth-order valence-electron chi connectivity index (χ4n) is 2.95. The van der Waals surface area contributed by atoms with Crippen molar-refractivity contribution < 1.29 is 0 Å². The Kier molecular flexibility index (Phi) is 2.66. The Morgan fingerprint density at radius 2 is 2.00 bits per heavy atom. The molecular weight excluding hydrogens is 248 g/mol. The third-order valence-electron chi connectivity index (χ3n) is 3.91. The van der Waals surface area contributed by atoms with Gasteiger partial charge < -0.3 is 5.32 Å². The summed E-state index contributed by atoms with van der Waals surface area (Å²) in [6, 6.07) is 14.9. The van der Waals surface area contributed by atoms with E-state index >= 15 is 0 Å². The van der Waals surface area contributed by atoms with E-state index in [2.05, 4.69) is 39.7 Å². The fourth-order valence-corrected chi connectivity index (χ4v) is 2.95. The Morgan fingerprint density at radius 3 is 2.95 bits per heavy atom. The SMILES string of the molecule is c1ccc2c(c1)CCCC2Nc1nc2ccccn2n1. The van der Waals surface area contributed by atoms with Crippen LogP contribution in [0.4, 0.5) is 5.95 Å². The van der Waals surface area contributed by atoms with Gasteiger partial charge in [0.15, 0.2) is 5.65 Å². The molecule has 1 aliphatic carbocycles. The zero-order chi connectivity index (χ0) is 13.4. The molecule has 1 aliphatic rings. The first-order valence-corrected chi connectivity index (χ1v) is 7.06. The molecule has 1 aromatic carbocycles. The van der Waals surface area contributed by atoms with Gasteiger partial charge in [-0.2, -0.15) is 4.98 Å². The molecule has 4 rings (SSSR count). The van der Waals surface area contributed by atoms with Crippen LogP contribution in [0.1, 0.15) is 30.0 Å². The summed E-state index contributed by atoms with van der Waals surface area (Å²) in [5, 5.41) is 7.96. The molecule has 1 atom stereocenters. The predicted octanol–water partition coefficient (Wildman–Crippen LogP) is 3.22. The van der Waals surface area contributed by atoms with Crippen LogP contribution < -0.4 is 5.32 Å². The lowest BCUT2D eigenvalue weighted by molar-refractivity contribution is 0.596. The predicted molar refractivity (Wildman–Crippen MR) is 78.7 cm³/mol. The number of fused-ring (bicyclic) bond motifs is 2. The van der Waals surface area contributed by atoms with E-state index in [0.717, 1.165) is 12.1 Å². The first-order chi connectivity index (χ1) is 9.90. The lowest BCUT2D eigenvalue weighted by atomic mass is 9.88. The Balaban J connectivity index is 1.66. The molecule has 3 aromatic rings. The van der Waals surface area contributed by atoms with Gasteiger partial charge in [0.25, 0.3) is 0 Å². The smallest absolute Gasteiger partial charge is 0.243 e. The zero-order valence-electron chi connectivity index (χ0n) is 11.2. The lowest BCUT2D eigenvalue weighted by Crippen LogP contribution is -2.17. The number of pyridine rings is 1. The van der Waals surface area contributed by atoms with Crippen molar-refractivity contribution in [3.63, 3.8) is 0 Å². The Bertz CT molecular complexity index is 714. The highest BCUT2D eigenvalue weighted by Gasteiger charge is 2.20. The Morgan fingerprint density at radius 1 is 1.10 bits per heavy atom. The number of benzene rings is 1. The number of hydrogen-bond acceptors (Lipinski definition) is 3. The first-order valence-electron chi connectivity index (χ1n) is 7.06. The highest BCUT2D eigenvalue weighted by molar-refractivity contribution is 5.45. The molecule has 2 aromatic heterocycles. The second-order valence-corrected chi connectivity index (χ2v) is 5.23. The van der Waals surface area contributed by atoms with Crippen LogP contribution in [0.5, 0.6) is 0 Å². The van der Waals surface area contributed by atoms with Crippen LogP contribution in [0.25, 0.3) is 5.65 Å². The average molecular weight is 264 g/mol. The molecule has 4 heteroatoms. The van der Waals surface area contributed by atoms with Crippen LogP contribution in [0, 0.1) is 0 Å². The number of nitrogens with zero attached hydrogens (tertiary/aromatic N) is 3. The van der Waals surface area contributed by atoms with Gasteiger partial charge in [0.05, 0.1) is 6.04 Å². The van der Waals surface area contributed by atoms with Crippen LogP contribution >= 0.6 is 0 Å². The topological polar surface area (TPSA) is 42.2 Å². The van der Waals surface area contributed by atoms with Gasteiger partial charge in [0.1, 0.15) is 0 Å². The van der Waals surface area contributed by atoms with Crippen molar-refractivity contribution >= 4 is 11.6 Å². The minimum atomic E-state index is 0.317. The van der Waals surface area contributed by atoms with E-state index in [1.807, 2.05) is 24.4 Å². The van der Waals surface area contributed by atoms with Gasteiger partial charge in [0.2, 0.25) is 5.95 Å². The molecule has 1 unspecified atom stereocenters. The molecule has 4 nitrogen and oxygen atoms in total. The molecule has 0 fully saturated rings. The summed E-state index contributed by atoms with van der Waals surface area (Å²) < 4.78 is 1.80. The lowest BCUT2D eigenvalue weighted by Gasteiger charge is -2.25. The van der Waals surface area contributed by atoms with Crippen LogP contribution in [0.2, 0.25) is 0 Å². The van der Waals surface area contributed by atoms with Gasteiger partial charge in [-0.05, 0) is 42.5 Å². The normalized spacial score (nSPS) is 17.9. The van der Waals surface area contributed by atoms with Crippen LogP contribution in [0.3, 0.4) is 0 Å². The summed E-state index contributed by atoms with van der Waals surface area (Å²) in [7, 11) is 0. The number of anilines is 1. The van der Waals surface area contributed by atoms with Gasteiger partial charge in [-0.15, -0.1) is 5.10 Å². The van der Waals surface area contributed by atoms with E-state index in [-0.39, 0.29) is 0 Å². The minimum absolute atomic E-state index is 0.317. The van der Waals surface area contributed by atoms with E-state index in [9.17, 15) is 0 Å². The van der Waals surface area contributed by atoms with Crippen molar-refractivity contribution in [2.75, 3.05) is 5.32 Å². The third kappa shape index (κ3) is 1.93. The number of aromatic nitrogens is 3. The third-order valence-corrected chi connectivity index (χ3v) is 3.91. The molecule has 0 spiro atoms. The van der Waals surface area contributed by atoms with Crippen LogP contribution in [-0.4, -0.2) is 14.6 Å². The second kappa shape index (κ2) is 4.63. The van der Waals surface area contributed by atoms with E-state index < -0.39 is 0 Å². The molecular formula is C16H16N4. The van der Waals surface area contributed by atoms with E-state index in [4.69, 9.17) is 0 Å². The Labute approximate surface area is 117 Å². The molecule has 2 heterocycles. The highest BCUT2D eigenvalue weighted by atomic mass is 15.3. The van der Waals surface area contributed by atoms with E-state index in [1.165, 1.54) is 24.0 Å². The molecule has 0 saturated carbocycles. The second-order valence-electron chi connectivity index (χ2n) is 5.23. The zero-order valence-corrected chi connectivity index (χ0v) is 11.2. The molecule has 0 bridgehead atoms. The number of hydrogen-bond donors (Lipinski definition) is 1. The van der Waals surface area contributed by atoms with E-state index in [1.54, 1.807) is 4.52 Å².